The van der Waals surface area contributed by atoms with Gasteiger partial charge in [-0.25, -0.2) is 18.7 Å². The van der Waals surface area contributed by atoms with Crippen molar-refractivity contribution in [3.05, 3.63) is 106 Å². The first-order valence-corrected chi connectivity index (χ1v) is 19.2. The molecule has 57 heavy (non-hydrogen) atoms. The lowest BCUT2D eigenvalue weighted by Gasteiger charge is -2.54. The number of imide groups is 2. The van der Waals surface area contributed by atoms with Gasteiger partial charge in [0.25, 0.3) is 11.8 Å². The number of anilines is 2. The maximum absolute atomic E-state index is 15.4. The van der Waals surface area contributed by atoms with Crippen LogP contribution < -0.4 is 25.0 Å². The van der Waals surface area contributed by atoms with E-state index in [0.29, 0.717) is 47.7 Å². The quantitative estimate of drug-likeness (QED) is 0.184. The van der Waals surface area contributed by atoms with Gasteiger partial charge in [0.2, 0.25) is 17.8 Å². The molecular weight excluding hydrogens is 738 g/mol. The minimum atomic E-state index is -1.03. The average molecular weight is 779 g/mol. The number of carbonyl (C=O) groups is 4. The van der Waals surface area contributed by atoms with Crippen molar-refractivity contribution in [1.29, 1.82) is 0 Å². The van der Waals surface area contributed by atoms with E-state index in [-0.39, 0.29) is 65.6 Å². The molecule has 2 N–H and O–H groups in total. The molecular formula is C42H40F2N6O7. The normalized spacial score (nSPS) is 22.6. The van der Waals surface area contributed by atoms with Gasteiger partial charge >= 0.3 is 0 Å². The second-order valence-electron chi connectivity index (χ2n) is 15.6. The van der Waals surface area contributed by atoms with E-state index in [1.165, 1.54) is 12.1 Å². The summed E-state index contributed by atoms with van der Waals surface area (Å²) >= 11 is 0. The zero-order valence-corrected chi connectivity index (χ0v) is 31.1. The molecule has 9 rings (SSSR count). The molecule has 1 aliphatic carbocycles. The van der Waals surface area contributed by atoms with Crippen LogP contribution in [0.3, 0.4) is 0 Å². The Kier molecular flexibility index (Phi) is 9.34. The topological polar surface area (TPSA) is 152 Å². The summed E-state index contributed by atoms with van der Waals surface area (Å²) in [5, 5.41) is 5.54. The number of aromatic nitrogens is 2. The van der Waals surface area contributed by atoms with Crippen molar-refractivity contribution in [3.8, 4) is 11.5 Å². The Hall–Kier alpha value is -5.96. The number of rotatable bonds is 12. The van der Waals surface area contributed by atoms with Crippen LogP contribution in [0.2, 0.25) is 0 Å². The SMILES string of the molecule is CC[C@@H](c1ccc(OCc2ccnc(N3CC4(COC4)C3)n2)c(F)c1)c1ccc(OC2CC(Nc3ccc4c(c3)C(=O)N([C@H]3CCC(=O)NC3=O)C4=O)C2)c(F)c1. The summed E-state index contributed by atoms with van der Waals surface area (Å²) in [5.41, 5.74) is 3.28. The molecule has 4 aromatic rings. The molecule has 2 atom stereocenters. The lowest BCUT2D eigenvalue weighted by Crippen LogP contribution is -2.66. The highest BCUT2D eigenvalue weighted by atomic mass is 19.1. The van der Waals surface area contributed by atoms with Crippen molar-refractivity contribution >= 4 is 35.3 Å². The van der Waals surface area contributed by atoms with Crippen molar-refractivity contribution in [2.45, 2.75) is 69.7 Å². The van der Waals surface area contributed by atoms with Crippen molar-refractivity contribution < 1.29 is 42.2 Å². The molecule has 4 fully saturated rings. The number of fused-ring (bicyclic) bond motifs is 1. The molecule has 1 saturated carbocycles. The Labute approximate surface area is 326 Å². The van der Waals surface area contributed by atoms with Crippen LogP contribution in [-0.4, -0.2) is 83.0 Å². The first-order valence-electron chi connectivity index (χ1n) is 19.2. The summed E-state index contributed by atoms with van der Waals surface area (Å²) in [5.74, 6) is -2.66. The van der Waals surface area contributed by atoms with E-state index in [4.69, 9.17) is 14.2 Å². The molecule has 0 radical (unpaired) electrons. The monoisotopic (exact) mass is 778 g/mol. The summed E-state index contributed by atoms with van der Waals surface area (Å²) in [6.07, 6.45) is 3.33. The molecule has 0 unspecified atom stereocenters. The fourth-order valence-electron chi connectivity index (χ4n) is 8.35. The minimum absolute atomic E-state index is 0.0145. The Morgan fingerprint density at radius 3 is 2.32 bits per heavy atom. The summed E-state index contributed by atoms with van der Waals surface area (Å²) in [6.45, 7) is 5.30. The summed E-state index contributed by atoms with van der Waals surface area (Å²) in [6, 6.07) is 15.2. The number of benzene rings is 3. The lowest BCUT2D eigenvalue weighted by atomic mass is 9.78. The highest BCUT2D eigenvalue weighted by Crippen LogP contribution is 2.39. The van der Waals surface area contributed by atoms with E-state index in [1.54, 1.807) is 54.7 Å². The van der Waals surface area contributed by atoms with Gasteiger partial charge in [-0.2, -0.15) is 0 Å². The molecule has 3 saturated heterocycles. The molecule has 1 spiro atoms. The number of piperidine rings is 1. The van der Waals surface area contributed by atoms with E-state index in [0.717, 1.165) is 31.2 Å². The number of halogens is 2. The van der Waals surface area contributed by atoms with Crippen LogP contribution in [0, 0.1) is 17.0 Å². The average Bonchev–Trinajstić information content (AvgIpc) is 3.38. The molecule has 5 aliphatic rings. The molecule has 15 heteroatoms. The van der Waals surface area contributed by atoms with Crippen LogP contribution >= 0.6 is 0 Å². The van der Waals surface area contributed by atoms with Crippen LogP contribution in [0.4, 0.5) is 20.4 Å². The Balaban J connectivity index is 0.775. The highest BCUT2D eigenvalue weighted by Gasteiger charge is 2.50. The van der Waals surface area contributed by atoms with Gasteiger partial charge in [-0.1, -0.05) is 19.1 Å². The van der Waals surface area contributed by atoms with Crippen molar-refractivity contribution in [2.75, 3.05) is 36.5 Å². The molecule has 3 aromatic carbocycles. The molecule has 4 aliphatic heterocycles. The molecule has 13 nitrogen and oxygen atoms in total. The highest BCUT2D eigenvalue weighted by molar-refractivity contribution is 6.23. The summed E-state index contributed by atoms with van der Waals surface area (Å²) in [7, 11) is 0. The smallest absolute Gasteiger partial charge is 0.262 e. The maximum atomic E-state index is 15.4. The number of carbonyl (C=O) groups excluding carboxylic acids is 4. The zero-order valence-electron chi connectivity index (χ0n) is 31.1. The third-order valence-electron chi connectivity index (χ3n) is 11.6. The number of hydrogen-bond acceptors (Lipinski definition) is 11. The van der Waals surface area contributed by atoms with Gasteiger partial charge in [0.15, 0.2) is 23.1 Å². The Bertz CT molecular complexity index is 2290. The predicted molar refractivity (Wildman–Crippen MR) is 201 cm³/mol. The van der Waals surface area contributed by atoms with E-state index >= 15 is 8.78 Å². The van der Waals surface area contributed by atoms with Gasteiger partial charge in [0.1, 0.15) is 18.8 Å². The zero-order chi connectivity index (χ0) is 39.4. The Morgan fingerprint density at radius 2 is 1.65 bits per heavy atom. The van der Waals surface area contributed by atoms with Crippen molar-refractivity contribution in [2.24, 2.45) is 5.41 Å². The molecule has 4 amide bonds. The number of hydrogen-bond donors (Lipinski definition) is 2. The second kappa shape index (κ2) is 14.5. The Morgan fingerprint density at radius 1 is 0.930 bits per heavy atom. The van der Waals surface area contributed by atoms with E-state index < -0.39 is 41.3 Å². The third-order valence-corrected chi connectivity index (χ3v) is 11.6. The van der Waals surface area contributed by atoms with Crippen molar-refractivity contribution in [3.63, 3.8) is 0 Å². The van der Waals surface area contributed by atoms with Gasteiger partial charge in [0.05, 0.1) is 35.4 Å². The number of amides is 4. The summed E-state index contributed by atoms with van der Waals surface area (Å²) < 4.78 is 47.9. The van der Waals surface area contributed by atoms with Gasteiger partial charge in [-0.3, -0.25) is 29.4 Å². The van der Waals surface area contributed by atoms with Crippen molar-refractivity contribution in [1.82, 2.24) is 20.2 Å². The standard InChI is InChI=1S/C42H40F2N6O7/c1-2-29(23-3-8-35(32(43)13-23)56-18-26-11-12-45-41(47-26)49-19-42(20-49)21-55-22-42)24-4-9-36(33(44)14-24)57-28-15-27(16-28)46-25-5-6-30-31(17-25)40(54)50(39(30)53)34-7-10-37(51)48-38(34)52/h3-6,8-9,11-14,17,27-29,34,46H,2,7,10,15-16,18-22H2,1H3,(H,48,51,52)/t27?,28?,29-,34-/m0/s1. The van der Waals surface area contributed by atoms with Crippen LogP contribution in [0.5, 0.6) is 11.5 Å². The van der Waals surface area contributed by atoms with Crippen LogP contribution in [-0.2, 0) is 20.9 Å². The molecule has 294 valence electrons. The first-order chi connectivity index (χ1) is 27.6. The summed E-state index contributed by atoms with van der Waals surface area (Å²) in [4.78, 5) is 62.1. The fraction of sp³-hybridized carbons (Fsp3) is 0.381. The molecule has 0 bridgehead atoms. The second-order valence-corrected chi connectivity index (χ2v) is 15.6. The maximum Gasteiger partial charge on any atom is 0.262 e. The van der Waals surface area contributed by atoms with E-state index in [9.17, 15) is 19.2 Å². The third kappa shape index (κ3) is 6.94. The van der Waals surface area contributed by atoms with Gasteiger partial charge in [0, 0.05) is 56.2 Å². The predicted octanol–water partition coefficient (Wildman–Crippen LogP) is 5.14. The van der Waals surface area contributed by atoms with E-state index in [2.05, 4.69) is 25.5 Å². The lowest BCUT2D eigenvalue weighted by molar-refractivity contribution is -0.136. The van der Waals surface area contributed by atoms with Gasteiger partial charge in [-0.15, -0.1) is 0 Å². The van der Waals surface area contributed by atoms with Gasteiger partial charge in [-0.05, 0) is 72.5 Å². The minimum Gasteiger partial charge on any atom is -0.487 e. The number of nitrogens with zero attached hydrogens (tertiary/aromatic N) is 4. The molecule has 5 heterocycles. The van der Waals surface area contributed by atoms with Crippen LogP contribution in [0.25, 0.3) is 0 Å². The van der Waals surface area contributed by atoms with Crippen LogP contribution in [0.1, 0.15) is 82.5 Å². The fourth-order valence-corrected chi connectivity index (χ4v) is 8.35. The molecule has 1 aromatic heterocycles. The van der Waals surface area contributed by atoms with E-state index in [1.807, 2.05) is 6.92 Å². The first kappa shape index (κ1) is 36.7. The number of nitrogens with one attached hydrogen (secondary N) is 2. The largest absolute Gasteiger partial charge is 0.487 e. The number of ether oxygens (including phenoxy) is 3. The van der Waals surface area contributed by atoms with Gasteiger partial charge < -0.3 is 24.4 Å². The van der Waals surface area contributed by atoms with Crippen LogP contribution in [0.15, 0.2) is 66.9 Å².